The van der Waals surface area contributed by atoms with E-state index in [1.165, 1.54) is 0 Å². The van der Waals surface area contributed by atoms with Crippen LogP contribution in [0.25, 0.3) is 0 Å². The number of hydrogen-bond acceptors (Lipinski definition) is 3. The average molecular weight is 367 g/mol. The Balaban J connectivity index is 2.04. The number of ether oxygens (including phenoxy) is 2. The van der Waals surface area contributed by atoms with Crippen LogP contribution in [0.15, 0.2) is 48.5 Å². The monoisotopic (exact) mass is 366 g/mol. The van der Waals surface area contributed by atoms with Gasteiger partial charge in [-0.3, -0.25) is 4.79 Å². The molecule has 0 aliphatic carbocycles. The molecule has 1 aliphatic rings. The van der Waals surface area contributed by atoms with Gasteiger partial charge in [-0.25, -0.2) is 0 Å². The second-order valence-corrected chi connectivity index (χ2v) is 6.95. The van der Waals surface area contributed by atoms with E-state index in [9.17, 15) is 9.90 Å². The summed E-state index contributed by atoms with van der Waals surface area (Å²) in [5, 5.41) is 10.6. The van der Waals surface area contributed by atoms with Gasteiger partial charge in [0.2, 0.25) is 5.79 Å². The van der Waals surface area contributed by atoms with E-state index < -0.39 is 17.2 Å². The minimum Gasteiger partial charge on any atom is -0.481 e. The number of hydrogen-bond donors (Lipinski definition) is 1. The molecule has 0 radical (unpaired) electrons. The Bertz CT molecular complexity index is 685. The highest BCUT2D eigenvalue weighted by molar-refractivity contribution is 6.30. The number of halogens is 2. The van der Waals surface area contributed by atoms with Gasteiger partial charge in [-0.1, -0.05) is 47.5 Å². The second kappa shape index (κ2) is 6.37. The largest absolute Gasteiger partial charge is 0.481 e. The summed E-state index contributed by atoms with van der Waals surface area (Å²) in [6.45, 7) is 1.64. The maximum Gasteiger partial charge on any atom is 0.314 e. The molecule has 1 heterocycles. The summed E-state index contributed by atoms with van der Waals surface area (Å²) in [7, 11) is 0. The standard InChI is InChI=1S/C18H16Cl2O4/c1-17(16(21)22)10-23-18(24-11-17,12-2-6-14(19)7-3-12)13-4-8-15(20)9-5-13/h2-9H,10-11H2,1H3,(H,21,22). The molecule has 24 heavy (non-hydrogen) atoms. The Kier molecular flexibility index (Phi) is 4.58. The van der Waals surface area contributed by atoms with Gasteiger partial charge in [0, 0.05) is 21.2 Å². The summed E-state index contributed by atoms with van der Waals surface area (Å²) in [4.78, 5) is 11.5. The molecule has 1 saturated heterocycles. The predicted octanol–water partition coefficient (Wildman–Crippen LogP) is 4.33. The van der Waals surface area contributed by atoms with Crippen LogP contribution in [0, 0.1) is 5.41 Å². The fourth-order valence-electron chi connectivity index (χ4n) is 2.57. The van der Waals surface area contributed by atoms with Crippen molar-refractivity contribution in [2.75, 3.05) is 13.2 Å². The molecule has 0 bridgehead atoms. The predicted molar refractivity (Wildman–Crippen MR) is 91.3 cm³/mol. The van der Waals surface area contributed by atoms with E-state index in [1.807, 2.05) is 0 Å². The number of carbonyl (C=O) groups is 1. The number of aliphatic carboxylic acids is 1. The van der Waals surface area contributed by atoms with Gasteiger partial charge in [0.1, 0.15) is 5.41 Å². The van der Waals surface area contributed by atoms with Crippen molar-refractivity contribution in [1.29, 1.82) is 0 Å². The van der Waals surface area contributed by atoms with Crippen LogP contribution in [-0.2, 0) is 20.1 Å². The minimum absolute atomic E-state index is 0.0214. The Hall–Kier alpha value is -1.59. The lowest BCUT2D eigenvalue weighted by atomic mass is 9.89. The second-order valence-electron chi connectivity index (χ2n) is 6.07. The first-order valence-corrected chi connectivity index (χ1v) is 8.15. The minimum atomic E-state index is -1.19. The van der Waals surface area contributed by atoms with Gasteiger partial charge in [0.25, 0.3) is 0 Å². The van der Waals surface area contributed by atoms with E-state index in [4.69, 9.17) is 32.7 Å². The van der Waals surface area contributed by atoms with Crippen LogP contribution in [-0.4, -0.2) is 24.3 Å². The van der Waals surface area contributed by atoms with Crippen LogP contribution in [0.3, 0.4) is 0 Å². The highest BCUT2D eigenvalue weighted by Gasteiger charge is 2.48. The number of carboxylic acids is 1. The van der Waals surface area contributed by atoms with Crippen LogP contribution >= 0.6 is 23.2 Å². The van der Waals surface area contributed by atoms with E-state index in [0.29, 0.717) is 10.0 Å². The molecule has 4 nitrogen and oxygen atoms in total. The van der Waals surface area contributed by atoms with Gasteiger partial charge in [0.05, 0.1) is 13.2 Å². The van der Waals surface area contributed by atoms with E-state index >= 15 is 0 Å². The molecule has 1 aliphatic heterocycles. The molecule has 1 N–H and O–H groups in total. The van der Waals surface area contributed by atoms with Gasteiger partial charge in [-0.05, 0) is 31.2 Å². The maximum atomic E-state index is 11.5. The highest BCUT2D eigenvalue weighted by Crippen LogP contribution is 2.42. The number of benzene rings is 2. The van der Waals surface area contributed by atoms with Crippen molar-refractivity contribution in [3.63, 3.8) is 0 Å². The zero-order valence-corrected chi connectivity index (χ0v) is 14.5. The van der Waals surface area contributed by atoms with Crippen molar-refractivity contribution in [3.8, 4) is 0 Å². The molecule has 0 atom stereocenters. The summed E-state index contributed by atoms with van der Waals surface area (Å²) >= 11 is 11.9. The van der Waals surface area contributed by atoms with Crippen LogP contribution in [0.1, 0.15) is 18.1 Å². The molecule has 2 aromatic carbocycles. The SMILES string of the molecule is CC1(C(=O)O)COC(c2ccc(Cl)cc2)(c2ccc(Cl)cc2)OC1. The lowest BCUT2D eigenvalue weighted by Crippen LogP contribution is -2.50. The first kappa shape index (κ1) is 17.2. The Morgan fingerprint density at radius 3 is 1.62 bits per heavy atom. The third-order valence-corrected chi connectivity index (χ3v) is 4.66. The molecule has 0 spiro atoms. The molecule has 0 unspecified atom stereocenters. The van der Waals surface area contributed by atoms with Crippen molar-refractivity contribution in [2.45, 2.75) is 12.7 Å². The fraction of sp³-hybridized carbons (Fsp3) is 0.278. The van der Waals surface area contributed by atoms with E-state index in [1.54, 1.807) is 55.5 Å². The first-order chi connectivity index (χ1) is 11.4. The van der Waals surface area contributed by atoms with Crippen LogP contribution in [0.5, 0.6) is 0 Å². The lowest BCUT2D eigenvalue weighted by molar-refractivity contribution is -0.285. The summed E-state index contributed by atoms with van der Waals surface area (Å²) in [5.74, 6) is -2.15. The average Bonchev–Trinajstić information content (AvgIpc) is 2.57. The Labute approximate surface area is 149 Å². The third-order valence-electron chi connectivity index (χ3n) is 4.15. The third kappa shape index (κ3) is 3.03. The van der Waals surface area contributed by atoms with Crippen molar-refractivity contribution < 1.29 is 19.4 Å². The molecule has 0 saturated carbocycles. The normalized spacial score (nSPS) is 19.0. The summed E-state index contributed by atoms with van der Waals surface area (Å²) in [6.07, 6.45) is 0. The zero-order valence-electron chi connectivity index (χ0n) is 13.0. The summed E-state index contributed by atoms with van der Waals surface area (Å²) < 4.78 is 12.0. The molecular weight excluding hydrogens is 351 g/mol. The maximum absolute atomic E-state index is 11.5. The zero-order chi connectivity index (χ0) is 17.4. The van der Waals surface area contributed by atoms with Crippen LogP contribution < -0.4 is 0 Å². The molecular formula is C18H16Cl2O4. The Morgan fingerprint density at radius 2 is 1.29 bits per heavy atom. The molecule has 2 aromatic rings. The van der Waals surface area contributed by atoms with Gasteiger partial charge in [-0.15, -0.1) is 0 Å². The summed E-state index contributed by atoms with van der Waals surface area (Å²) in [5.41, 5.74) is 0.380. The smallest absolute Gasteiger partial charge is 0.314 e. The Morgan fingerprint density at radius 1 is 0.917 bits per heavy atom. The van der Waals surface area contributed by atoms with Crippen LogP contribution in [0.4, 0.5) is 0 Å². The molecule has 6 heteroatoms. The number of carboxylic acid groups (broad SMARTS) is 1. The van der Waals surface area contributed by atoms with Crippen molar-refractivity contribution in [2.24, 2.45) is 5.41 Å². The molecule has 3 rings (SSSR count). The molecule has 1 fully saturated rings. The topological polar surface area (TPSA) is 55.8 Å². The molecule has 0 aromatic heterocycles. The van der Waals surface area contributed by atoms with Gasteiger partial charge >= 0.3 is 5.97 Å². The van der Waals surface area contributed by atoms with Crippen LogP contribution in [0.2, 0.25) is 10.0 Å². The van der Waals surface area contributed by atoms with E-state index in [0.717, 1.165) is 11.1 Å². The highest BCUT2D eigenvalue weighted by atomic mass is 35.5. The van der Waals surface area contributed by atoms with Crippen molar-refractivity contribution in [1.82, 2.24) is 0 Å². The van der Waals surface area contributed by atoms with Gasteiger partial charge < -0.3 is 14.6 Å². The van der Waals surface area contributed by atoms with E-state index in [-0.39, 0.29) is 13.2 Å². The van der Waals surface area contributed by atoms with Crippen molar-refractivity contribution in [3.05, 3.63) is 69.7 Å². The molecule has 0 amide bonds. The summed E-state index contributed by atoms with van der Waals surface area (Å²) in [6, 6.07) is 14.2. The lowest BCUT2D eigenvalue weighted by Gasteiger charge is -2.43. The van der Waals surface area contributed by atoms with E-state index in [2.05, 4.69) is 0 Å². The van der Waals surface area contributed by atoms with Gasteiger partial charge in [0.15, 0.2) is 0 Å². The fourth-order valence-corrected chi connectivity index (χ4v) is 2.82. The van der Waals surface area contributed by atoms with Crippen molar-refractivity contribution >= 4 is 29.2 Å². The quantitative estimate of drug-likeness (QED) is 0.877. The van der Waals surface area contributed by atoms with Gasteiger partial charge in [-0.2, -0.15) is 0 Å². The number of rotatable bonds is 3. The first-order valence-electron chi connectivity index (χ1n) is 7.39. The molecule has 126 valence electrons.